The van der Waals surface area contributed by atoms with Crippen molar-refractivity contribution in [1.29, 1.82) is 0 Å². The Hall–Kier alpha value is -4.58. The highest BCUT2D eigenvalue weighted by molar-refractivity contribution is 5.85. The molecule has 0 unspecified atom stereocenters. The van der Waals surface area contributed by atoms with Crippen molar-refractivity contribution in [1.82, 2.24) is 10.2 Å². The Morgan fingerprint density at radius 1 is 0.677 bits per heavy atom. The van der Waals surface area contributed by atoms with Crippen LogP contribution in [0.2, 0.25) is 0 Å². The molecule has 62 heavy (non-hydrogen) atoms. The molecule has 1 N–H and O–H groups in total. The standard InChI is InChI=1S/C25H31F2NO2.C22H25FO3.C3H6FN.ClH/c1-6-30-23(29)10-15(2)22-11-20(9-18(5)25(22)27)24-16(3)7-19(8-17(24)4)12-28-13-21(26)14-28;1-6-26-20(25)10-13(2)19-11-18(9-16(5)22(19)23)21-14(3)7-17(12-24)8-15(21)4;4-3-1-5-2-3;/h7-9,11,15,21H,6,10,12-14H2,1-5H3;7-9,11-13H,6,10H2,1-5H3;3,5H,1-2H2;1H/t15-;13-;;/m00../s1. The highest BCUT2D eigenvalue weighted by atomic mass is 35.5. The van der Waals surface area contributed by atoms with E-state index in [4.69, 9.17) is 9.47 Å². The highest BCUT2D eigenvalue weighted by Gasteiger charge is 2.26. The number of hydrogen-bond donors (Lipinski definition) is 1. The molecule has 2 saturated heterocycles. The third-order valence-corrected chi connectivity index (χ3v) is 11.1. The maximum atomic E-state index is 14.9. The number of hydrogen-bond acceptors (Lipinski definition) is 7. The number of alkyl halides is 2. The van der Waals surface area contributed by atoms with Gasteiger partial charge in [-0.05, 0) is 176 Å². The van der Waals surface area contributed by atoms with Gasteiger partial charge in [0.2, 0.25) is 0 Å². The average Bonchev–Trinajstić information content (AvgIpc) is 3.16. The Labute approximate surface area is 371 Å². The molecule has 12 heteroatoms. The number of carbonyl (C=O) groups is 3. The Kier molecular flexibility index (Phi) is 19.8. The van der Waals surface area contributed by atoms with E-state index in [1.807, 2.05) is 64.1 Å². The van der Waals surface area contributed by atoms with Gasteiger partial charge < -0.3 is 14.8 Å². The summed E-state index contributed by atoms with van der Waals surface area (Å²) in [5, 5.41) is 2.79. The molecule has 2 atom stereocenters. The first-order valence-electron chi connectivity index (χ1n) is 21.2. The Balaban J connectivity index is 0.000000294. The number of likely N-dealkylation sites (tertiary alicyclic amines) is 1. The molecule has 7 nitrogen and oxygen atoms in total. The molecule has 338 valence electrons. The van der Waals surface area contributed by atoms with E-state index in [1.165, 1.54) is 0 Å². The number of nitrogens with zero attached hydrogens (tertiary/aromatic N) is 1. The zero-order valence-electron chi connectivity index (χ0n) is 37.8. The normalized spacial score (nSPS) is 14.7. The summed E-state index contributed by atoms with van der Waals surface area (Å²) in [6.07, 6.45) is -0.142. The van der Waals surface area contributed by atoms with E-state index in [0.717, 1.165) is 62.9 Å². The molecule has 2 fully saturated rings. The molecular weight excluding hydrogens is 820 g/mol. The van der Waals surface area contributed by atoms with Crippen LogP contribution < -0.4 is 5.32 Å². The number of nitrogens with one attached hydrogen (secondary N) is 1. The van der Waals surface area contributed by atoms with Gasteiger partial charge in [-0.3, -0.25) is 19.3 Å². The summed E-state index contributed by atoms with van der Waals surface area (Å²) in [4.78, 5) is 36.8. The molecule has 4 aromatic carbocycles. The molecule has 0 amide bonds. The molecule has 2 heterocycles. The van der Waals surface area contributed by atoms with Gasteiger partial charge in [0.25, 0.3) is 0 Å². The third kappa shape index (κ3) is 13.7. The Morgan fingerprint density at radius 3 is 1.39 bits per heavy atom. The number of esters is 2. The summed E-state index contributed by atoms with van der Waals surface area (Å²) < 4.78 is 64.2. The summed E-state index contributed by atoms with van der Waals surface area (Å²) in [5.41, 5.74) is 12.0. The minimum Gasteiger partial charge on any atom is -0.466 e. The SMILES string of the molecule is CCOC(=O)C[C@H](C)c1cc(-c2c(C)cc(C=O)cc2C)cc(C)c1F.CCOC(=O)C[C@H](C)c1cc(-c2c(C)cc(CN3CC(F)C3)cc2C)cc(C)c1F.Cl.FC1CNC1. The summed E-state index contributed by atoms with van der Waals surface area (Å²) in [5.74, 6) is -1.76. The third-order valence-electron chi connectivity index (χ3n) is 11.1. The first kappa shape index (κ1) is 51.8. The Bertz CT molecular complexity index is 2140. The van der Waals surface area contributed by atoms with Crippen LogP contribution in [-0.2, 0) is 25.6 Å². The van der Waals surface area contributed by atoms with Gasteiger partial charge in [-0.25, -0.2) is 17.6 Å². The van der Waals surface area contributed by atoms with Gasteiger partial charge in [-0.15, -0.1) is 12.4 Å². The van der Waals surface area contributed by atoms with Crippen LogP contribution in [0.3, 0.4) is 0 Å². The van der Waals surface area contributed by atoms with Crippen molar-refractivity contribution in [3.63, 3.8) is 0 Å². The van der Waals surface area contributed by atoms with Crippen molar-refractivity contribution in [2.24, 2.45) is 0 Å². The van der Waals surface area contributed by atoms with Gasteiger partial charge in [-0.2, -0.15) is 0 Å². The zero-order chi connectivity index (χ0) is 45.1. The minimum absolute atomic E-state index is 0. The molecular formula is C50H63ClF4N2O5. The Morgan fingerprint density at radius 2 is 1.06 bits per heavy atom. The van der Waals surface area contributed by atoms with E-state index in [2.05, 4.69) is 36.2 Å². The van der Waals surface area contributed by atoms with Crippen LogP contribution in [0.5, 0.6) is 0 Å². The van der Waals surface area contributed by atoms with Crippen LogP contribution in [0, 0.1) is 53.2 Å². The fourth-order valence-corrected chi connectivity index (χ4v) is 8.03. The maximum absolute atomic E-state index is 14.9. The van der Waals surface area contributed by atoms with E-state index in [9.17, 15) is 31.9 Å². The fraction of sp³-hybridized carbons (Fsp3) is 0.460. The lowest BCUT2D eigenvalue weighted by molar-refractivity contribution is -0.144. The van der Waals surface area contributed by atoms with Gasteiger partial charge in [0.1, 0.15) is 30.3 Å². The van der Waals surface area contributed by atoms with Gasteiger partial charge in [0.15, 0.2) is 0 Å². The maximum Gasteiger partial charge on any atom is 0.306 e. The lowest BCUT2D eigenvalue weighted by Gasteiger charge is -2.34. The second-order valence-electron chi connectivity index (χ2n) is 16.5. The number of aryl methyl sites for hydroxylation is 6. The number of benzene rings is 4. The fourth-order valence-electron chi connectivity index (χ4n) is 8.03. The van der Waals surface area contributed by atoms with E-state index >= 15 is 0 Å². The topological polar surface area (TPSA) is 84.9 Å². The first-order valence-corrected chi connectivity index (χ1v) is 21.2. The molecule has 0 spiro atoms. The van der Waals surface area contributed by atoms with Crippen LogP contribution >= 0.6 is 12.4 Å². The molecule has 0 bridgehead atoms. The first-order chi connectivity index (χ1) is 28.9. The summed E-state index contributed by atoms with van der Waals surface area (Å²) in [6, 6.07) is 15.3. The van der Waals surface area contributed by atoms with E-state index < -0.39 is 12.3 Å². The lowest BCUT2D eigenvalue weighted by atomic mass is 9.88. The number of aldehydes is 1. The number of carbonyl (C=O) groups excluding carboxylic acids is 3. The summed E-state index contributed by atoms with van der Waals surface area (Å²) in [7, 11) is 0. The van der Waals surface area contributed by atoms with Gasteiger partial charge >= 0.3 is 11.9 Å². The molecule has 2 aliphatic heterocycles. The van der Waals surface area contributed by atoms with Crippen LogP contribution in [0.4, 0.5) is 17.6 Å². The number of rotatable bonds is 13. The van der Waals surface area contributed by atoms with Crippen molar-refractivity contribution >= 4 is 30.6 Å². The highest BCUT2D eigenvalue weighted by Crippen LogP contribution is 2.36. The van der Waals surface area contributed by atoms with Crippen LogP contribution in [0.15, 0.2) is 48.5 Å². The second kappa shape index (κ2) is 23.7. The monoisotopic (exact) mass is 882 g/mol. The molecule has 0 radical (unpaired) electrons. The molecule has 4 aromatic rings. The van der Waals surface area contributed by atoms with Gasteiger partial charge in [0.05, 0.1) is 26.1 Å². The van der Waals surface area contributed by atoms with Crippen molar-refractivity contribution in [3.05, 3.63) is 116 Å². The van der Waals surface area contributed by atoms with Crippen LogP contribution in [-0.4, -0.2) is 74.9 Å². The predicted molar refractivity (Wildman–Crippen MR) is 242 cm³/mol. The average molecular weight is 884 g/mol. The van der Waals surface area contributed by atoms with Crippen LogP contribution in [0.25, 0.3) is 22.3 Å². The largest absolute Gasteiger partial charge is 0.466 e. The number of halogens is 5. The molecule has 0 saturated carbocycles. The van der Waals surface area contributed by atoms with Crippen molar-refractivity contribution in [3.8, 4) is 22.3 Å². The molecule has 6 rings (SSSR count). The van der Waals surface area contributed by atoms with Gasteiger partial charge in [-0.1, -0.05) is 26.0 Å². The molecule has 2 aliphatic rings. The van der Waals surface area contributed by atoms with Crippen LogP contribution in [0.1, 0.15) is 113 Å². The van der Waals surface area contributed by atoms with E-state index in [0.29, 0.717) is 67.2 Å². The number of ether oxygens (including phenoxy) is 2. The quantitative estimate of drug-likeness (QED) is 0.0813. The molecule has 0 aliphatic carbocycles. The minimum atomic E-state index is -0.705. The van der Waals surface area contributed by atoms with Crippen molar-refractivity contribution in [2.45, 2.75) is 113 Å². The van der Waals surface area contributed by atoms with E-state index in [1.54, 1.807) is 27.7 Å². The lowest BCUT2D eigenvalue weighted by Crippen LogP contribution is -2.47. The zero-order valence-corrected chi connectivity index (χ0v) is 38.6. The van der Waals surface area contributed by atoms with Crippen molar-refractivity contribution < 1.29 is 41.4 Å². The van der Waals surface area contributed by atoms with Gasteiger partial charge in [0, 0.05) is 38.3 Å². The summed E-state index contributed by atoms with van der Waals surface area (Å²) in [6.45, 7) is 22.2. The smallest absolute Gasteiger partial charge is 0.306 e. The van der Waals surface area contributed by atoms with Crippen molar-refractivity contribution in [2.75, 3.05) is 39.4 Å². The second-order valence-corrected chi connectivity index (χ2v) is 16.5. The predicted octanol–water partition coefficient (Wildman–Crippen LogP) is 11.3. The molecule has 0 aromatic heterocycles. The van der Waals surface area contributed by atoms with E-state index in [-0.39, 0.29) is 60.7 Å². The summed E-state index contributed by atoms with van der Waals surface area (Å²) >= 11 is 0.